The third-order valence-corrected chi connectivity index (χ3v) is 5.09. The molecule has 3 rings (SSSR count). The molecular weight excluding hydrogens is 264 g/mol. The fourth-order valence-corrected chi connectivity index (χ4v) is 3.47. The van der Waals surface area contributed by atoms with Crippen LogP contribution in [0.25, 0.3) is 0 Å². The molecule has 1 spiro atoms. The van der Waals surface area contributed by atoms with Gasteiger partial charge in [-0.3, -0.25) is 4.79 Å². The van der Waals surface area contributed by atoms with Crippen molar-refractivity contribution in [3.8, 4) is 0 Å². The third kappa shape index (κ3) is 2.77. The first kappa shape index (κ1) is 14.4. The van der Waals surface area contributed by atoms with E-state index >= 15 is 0 Å². The molecular formula is C17H24N2O2. The van der Waals surface area contributed by atoms with Crippen molar-refractivity contribution in [3.63, 3.8) is 0 Å². The van der Waals surface area contributed by atoms with E-state index in [1.807, 2.05) is 43.3 Å². The maximum absolute atomic E-state index is 12.5. The van der Waals surface area contributed by atoms with Crippen molar-refractivity contribution in [2.75, 3.05) is 32.2 Å². The van der Waals surface area contributed by atoms with Crippen LogP contribution in [0.2, 0.25) is 0 Å². The molecule has 1 heterocycles. The lowest BCUT2D eigenvalue weighted by Gasteiger charge is -2.52. The summed E-state index contributed by atoms with van der Waals surface area (Å²) < 4.78 is 5.46. The monoisotopic (exact) mass is 288 g/mol. The van der Waals surface area contributed by atoms with Crippen LogP contribution in [-0.4, -0.2) is 39.3 Å². The summed E-state index contributed by atoms with van der Waals surface area (Å²) in [6.45, 7) is 1.67. The molecule has 2 fully saturated rings. The normalized spacial score (nSPS) is 23.4. The van der Waals surface area contributed by atoms with Crippen LogP contribution in [0.1, 0.15) is 36.0 Å². The zero-order valence-electron chi connectivity index (χ0n) is 12.9. The number of anilines is 1. The van der Waals surface area contributed by atoms with Crippen LogP contribution in [0.5, 0.6) is 0 Å². The van der Waals surface area contributed by atoms with Gasteiger partial charge in [0.15, 0.2) is 0 Å². The minimum absolute atomic E-state index is 0.0502. The molecule has 1 aromatic carbocycles. The minimum atomic E-state index is 0.0502. The van der Waals surface area contributed by atoms with Crippen molar-refractivity contribution in [3.05, 3.63) is 29.8 Å². The van der Waals surface area contributed by atoms with Gasteiger partial charge < -0.3 is 15.0 Å². The Labute approximate surface area is 126 Å². The van der Waals surface area contributed by atoms with Crippen LogP contribution in [0, 0.1) is 5.41 Å². The molecule has 1 saturated heterocycles. The van der Waals surface area contributed by atoms with Gasteiger partial charge in [0.05, 0.1) is 0 Å². The Morgan fingerprint density at radius 3 is 2.67 bits per heavy atom. The first-order valence-electron chi connectivity index (χ1n) is 7.77. The quantitative estimate of drug-likeness (QED) is 0.929. The van der Waals surface area contributed by atoms with E-state index in [-0.39, 0.29) is 5.91 Å². The number of carbonyl (C=O) groups excluding carboxylic acids is 1. The highest BCUT2D eigenvalue weighted by atomic mass is 16.5. The Morgan fingerprint density at radius 1 is 1.29 bits per heavy atom. The lowest BCUT2D eigenvalue weighted by molar-refractivity contribution is -0.0523. The molecule has 2 aliphatic rings. The third-order valence-electron chi connectivity index (χ3n) is 5.09. The molecule has 4 heteroatoms. The van der Waals surface area contributed by atoms with E-state index in [1.165, 1.54) is 6.42 Å². The first-order valence-corrected chi connectivity index (χ1v) is 7.77. The number of hydrogen-bond acceptors (Lipinski definition) is 3. The Morgan fingerprint density at radius 2 is 2.05 bits per heavy atom. The van der Waals surface area contributed by atoms with E-state index in [0.29, 0.717) is 11.5 Å². The number of ether oxygens (including phenoxy) is 1. The predicted octanol–water partition coefficient (Wildman–Crippen LogP) is 2.44. The summed E-state index contributed by atoms with van der Waals surface area (Å²) in [5.41, 5.74) is 2.10. The Kier molecular flexibility index (Phi) is 3.89. The number of nitrogens with one attached hydrogen (secondary N) is 1. The Hall–Kier alpha value is -1.55. The van der Waals surface area contributed by atoms with E-state index in [0.717, 1.165) is 43.7 Å². The van der Waals surface area contributed by atoms with Crippen LogP contribution in [0.3, 0.4) is 0 Å². The largest absolute Gasteiger partial charge is 0.381 e. The smallest absolute Gasteiger partial charge is 0.251 e. The molecule has 4 nitrogen and oxygen atoms in total. The summed E-state index contributed by atoms with van der Waals surface area (Å²) in [5, 5.41) is 3.25. The average Bonchev–Trinajstić information content (AvgIpc) is 2.52. The highest BCUT2D eigenvalue weighted by Gasteiger charge is 2.47. The van der Waals surface area contributed by atoms with Gasteiger partial charge in [-0.1, -0.05) is 6.07 Å². The summed E-state index contributed by atoms with van der Waals surface area (Å²) in [4.78, 5) is 14.5. The fourth-order valence-electron chi connectivity index (χ4n) is 3.47. The molecule has 1 atom stereocenters. The molecule has 21 heavy (non-hydrogen) atoms. The van der Waals surface area contributed by atoms with Gasteiger partial charge in [-0.25, -0.2) is 0 Å². The van der Waals surface area contributed by atoms with Gasteiger partial charge in [0.25, 0.3) is 5.91 Å². The van der Waals surface area contributed by atoms with Crippen molar-refractivity contribution in [2.45, 2.75) is 31.7 Å². The number of nitrogens with zero attached hydrogens (tertiary/aromatic N) is 1. The van der Waals surface area contributed by atoms with Crippen molar-refractivity contribution in [1.82, 2.24) is 5.32 Å². The number of benzene rings is 1. The summed E-state index contributed by atoms with van der Waals surface area (Å²) >= 11 is 0. The zero-order chi connectivity index (χ0) is 14.9. The predicted molar refractivity (Wildman–Crippen MR) is 83.7 cm³/mol. The highest BCUT2D eigenvalue weighted by molar-refractivity contribution is 5.95. The van der Waals surface area contributed by atoms with Gasteiger partial charge in [0.1, 0.15) is 0 Å². The second kappa shape index (κ2) is 5.68. The summed E-state index contributed by atoms with van der Waals surface area (Å²) in [5.74, 6) is 0.0502. The summed E-state index contributed by atoms with van der Waals surface area (Å²) in [6, 6.07) is 8.11. The number of rotatable bonds is 3. The molecule has 1 N–H and O–H groups in total. The van der Waals surface area contributed by atoms with E-state index < -0.39 is 0 Å². The molecule has 0 aromatic heterocycles. The van der Waals surface area contributed by atoms with Gasteiger partial charge in [-0.05, 0) is 49.3 Å². The molecule has 1 unspecified atom stereocenters. The second-order valence-electron chi connectivity index (χ2n) is 6.48. The van der Waals surface area contributed by atoms with Crippen LogP contribution in [-0.2, 0) is 4.74 Å². The maximum Gasteiger partial charge on any atom is 0.251 e. The number of hydrogen-bond donors (Lipinski definition) is 1. The topological polar surface area (TPSA) is 41.6 Å². The average molecular weight is 288 g/mol. The molecule has 0 bridgehead atoms. The number of carbonyl (C=O) groups is 1. The molecule has 0 radical (unpaired) electrons. The highest BCUT2D eigenvalue weighted by Crippen LogP contribution is 2.48. The van der Waals surface area contributed by atoms with Crippen molar-refractivity contribution in [2.24, 2.45) is 5.41 Å². The van der Waals surface area contributed by atoms with E-state index in [1.54, 1.807) is 0 Å². The molecule has 1 aliphatic carbocycles. The van der Waals surface area contributed by atoms with Crippen molar-refractivity contribution in [1.29, 1.82) is 0 Å². The van der Waals surface area contributed by atoms with Gasteiger partial charge in [0.2, 0.25) is 0 Å². The van der Waals surface area contributed by atoms with Crippen LogP contribution in [0.4, 0.5) is 5.69 Å². The SMILES string of the molecule is CN(C)c1cccc(C(=O)NC2CCC23CCOCC3)c1. The van der Waals surface area contributed by atoms with E-state index in [2.05, 4.69) is 5.32 Å². The van der Waals surface area contributed by atoms with Crippen LogP contribution in [0.15, 0.2) is 24.3 Å². The van der Waals surface area contributed by atoms with Gasteiger partial charge in [-0.2, -0.15) is 0 Å². The maximum atomic E-state index is 12.5. The fraction of sp³-hybridized carbons (Fsp3) is 0.588. The van der Waals surface area contributed by atoms with Gasteiger partial charge in [-0.15, -0.1) is 0 Å². The lowest BCUT2D eigenvalue weighted by atomic mass is 9.60. The molecule has 1 saturated carbocycles. The summed E-state index contributed by atoms with van der Waals surface area (Å²) in [6.07, 6.45) is 4.48. The van der Waals surface area contributed by atoms with Crippen molar-refractivity contribution >= 4 is 11.6 Å². The molecule has 1 amide bonds. The standard InChI is InChI=1S/C17H24N2O2/c1-19(2)14-5-3-4-13(12-14)16(20)18-15-6-7-17(15)8-10-21-11-9-17/h3-5,12,15H,6-11H2,1-2H3,(H,18,20). The van der Waals surface area contributed by atoms with Gasteiger partial charge in [0, 0.05) is 44.6 Å². The lowest BCUT2D eigenvalue weighted by Crippen LogP contribution is -2.57. The minimum Gasteiger partial charge on any atom is -0.381 e. The second-order valence-corrected chi connectivity index (χ2v) is 6.48. The van der Waals surface area contributed by atoms with E-state index in [4.69, 9.17) is 4.74 Å². The van der Waals surface area contributed by atoms with Crippen LogP contribution >= 0.6 is 0 Å². The zero-order valence-corrected chi connectivity index (χ0v) is 12.9. The number of amides is 1. The van der Waals surface area contributed by atoms with Gasteiger partial charge >= 0.3 is 0 Å². The van der Waals surface area contributed by atoms with Crippen molar-refractivity contribution < 1.29 is 9.53 Å². The first-order chi connectivity index (χ1) is 10.1. The van der Waals surface area contributed by atoms with Crippen LogP contribution < -0.4 is 10.2 Å². The molecule has 1 aromatic rings. The Balaban J connectivity index is 1.67. The van der Waals surface area contributed by atoms with E-state index in [9.17, 15) is 4.79 Å². The summed E-state index contributed by atoms with van der Waals surface area (Å²) in [7, 11) is 3.97. The molecule has 1 aliphatic heterocycles. The Bertz CT molecular complexity index is 521. The molecule has 114 valence electrons.